The molecule has 0 amide bonds. The molecule has 12 rings (SSSR count). The first-order valence-electron chi connectivity index (χ1n) is 19.0. The van der Waals surface area contributed by atoms with Crippen molar-refractivity contribution in [2.45, 2.75) is 0 Å². The first kappa shape index (κ1) is 32.3. The van der Waals surface area contributed by atoms with Crippen molar-refractivity contribution in [3.05, 3.63) is 182 Å². The van der Waals surface area contributed by atoms with Gasteiger partial charge in [-0.1, -0.05) is 133 Å². The van der Waals surface area contributed by atoms with Crippen LogP contribution in [0, 0.1) is 0 Å². The van der Waals surface area contributed by atoms with E-state index in [0.29, 0.717) is 17.5 Å². The maximum Gasteiger partial charge on any atom is 0.164 e. The van der Waals surface area contributed by atoms with E-state index in [-0.39, 0.29) is 0 Å². The molecule has 4 nitrogen and oxygen atoms in total. The zero-order valence-corrected chi connectivity index (χ0v) is 32.1. The van der Waals surface area contributed by atoms with Gasteiger partial charge >= 0.3 is 0 Å². The predicted molar refractivity (Wildman–Crippen MR) is 242 cm³/mol. The van der Waals surface area contributed by atoms with Crippen molar-refractivity contribution in [3.8, 4) is 51.0 Å². The predicted octanol–water partition coefficient (Wildman–Crippen LogP) is 14.4. The molecule has 0 aliphatic rings. The van der Waals surface area contributed by atoms with Gasteiger partial charge in [-0.15, -0.1) is 22.7 Å². The second-order valence-electron chi connectivity index (χ2n) is 14.4. The van der Waals surface area contributed by atoms with Crippen LogP contribution in [-0.4, -0.2) is 19.5 Å². The molecule has 0 N–H and O–H groups in total. The molecule has 0 bridgehead atoms. The average Bonchev–Trinajstić information content (AvgIpc) is 3.96. The van der Waals surface area contributed by atoms with Crippen molar-refractivity contribution in [1.29, 1.82) is 0 Å². The topological polar surface area (TPSA) is 43.6 Å². The van der Waals surface area contributed by atoms with E-state index in [1.54, 1.807) is 0 Å². The first-order chi connectivity index (χ1) is 28.2. The number of nitrogens with zero attached hydrogens (tertiary/aromatic N) is 4. The Balaban J connectivity index is 1.03. The van der Waals surface area contributed by atoms with Gasteiger partial charge in [0.05, 0.1) is 11.0 Å². The van der Waals surface area contributed by atoms with Gasteiger partial charge in [-0.2, -0.15) is 0 Å². The average molecular weight is 763 g/mol. The number of hydrogen-bond donors (Lipinski definition) is 0. The lowest BCUT2D eigenvalue weighted by molar-refractivity contribution is 1.08. The summed E-state index contributed by atoms with van der Waals surface area (Å²) >= 11 is 3.68. The van der Waals surface area contributed by atoms with E-state index in [4.69, 9.17) is 15.0 Å². The highest BCUT2D eigenvalue weighted by molar-refractivity contribution is 7.26. The van der Waals surface area contributed by atoms with Crippen molar-refractivity contribution < 1.29 is 0 Å². The molecule has 4 heterocycles. The number of hydrogen-bond acceptors (Lipinski definition) is 5. The molecule has 57 heavy (non-hydrogen) atoms. The van der Waals surface area contributed by atoms with E-state index in [1.807, 2.05) is 59.1 Å². The highest BCUT2D eigenvalue weighted by atomic mass is 32.1. The summed E-state index contributed by atoms with van der Waals surface area (Å²) < 4.78 is 7.41. The molecule has 0 aliphatic heterocycles. The van der Waals surface area contributed by atoms with Crippen molar-refractivity contribution in [3.63, 3.8) is 0 Å². The van der Waals surface area contributed by atoms with E-state index < -0.39 is 0 Å². The smallest absolute Gasteiger partial charge is 0.164 e. The number of para-hydroxylation sites is 2. The Kier molecular flexibility index (Phi) is 7.24. The molecule has 0 fully saturated rings. The Morgan fingerprint density at radius 1 is 0.333 bits per heavy atom. The number of aromatic nitrogens is 4. The summed E-state index contributed by atoms with van der Waals surface area (Å²) in [6.45, 7) is 0. The number of rotatable bonds is 5. The van der Waals surface area contributed by atoms with Crippen LogP contribution in [0.5, 0.6) is 0 Å². The minimum atomic E-state index is 0.661. The lowest BCUT2D eigenvalue weighted by atomic mass is 9.97. The van der Waals surface area contributed by atoms with Crippen LogP contribution in [0.4, 0.5) is 0 Å². The van der Waals surface area contributed by atoms with Crippen molar-refractivity contribution in [2.75, 3.05) is 0 Å². The van der Waals surface area contributed by atoms with Crippen molar-refractivity contribution >= 4 is 84.8 Å². The summed E-state index contributed by atoms with van der Waals surface area (Å²) in [5.41, 5.74) is 8.97. The summed E-state index contributed by atoms with van der Waals surface area (Å²) in [4.78, 5) is 15.2. The number of fused-ring (bicyclic) bond motifs is 9. The molecule has 0 spiro atoms. The van der Waals surface area contributed by atoms with Gasteiger partial charge in [0.1, 0.15) is 0 Å². The molecule has 6 heteroatoms. The third-order valence-electron chi connectivity index (χ3n) is 11.1. The summed E-state index contributed by atoms with van der Waals surface area (Å²) in [6.07, 6.45) is 0. The van der Waals surface area contributed by atoms with Crippen LogP contribution in [0.1, 0.15) is 0 Å². The fraction of sp³-hybridized carbons (Fsp3) is 0. The Morgan fingerprint density at radius 2 is 0.895 bits per heavy atom. The Labute approximate surface area is 335 Å². The molecule has 4 aromatic heterocycles. The second kappa shape index (κ2) is 12.8. The molecule has 0 saturated heterocycles. The van der Waals surface area contributed by atoms with Gasteiger partial charge in [0.15, 0.2) is 17.5 Å². The Bertz CT molecular complexity index is 3410. The monoisotopic (exact) mass is 762 g/mol. The lowest BCUT2D eigenvalue weighted by Gasteiger charge is -2.10. The number of thiophene rings is 2. The maximum atomic E-state index is 5.13. The van der Waals surface area contributed by atoms with Gasteiger partial charge in [0.2, 0.25) is 0 Å². The van der Waals surface area contributed by atoms with Gasteiger partial charge in [-0.3, -0.25) is 0 Å². The fourth-order valence-corrected chi connectivity index (χ4v) is 10.8. The van der Waals surface area contributed by atoms with Gasteiger partial charge < -0.3 is 4.57 Å². The zero-order valence-electron chi connectivity index (χ0n) is 30.4. The highest BCUT2D eigenvalue weighted by Crippen LogP contribution is 2.45. The molecular formula is C51H30N4S2. The highest BCUT2D eigenvalue weighted by Gasteiger charge is 2.19. The minimum absolute atomic E-state index is 0.661. The standard InChI is InChI=1S/C51H30N4S2/c1-3-13-31(14-4-1)49-52-50(32-15-5-2-6-16-32)54-51(53-49)39-20-12-24-45-48(39)40-29-33(25-28-43(40)56-45)35-19-11-23-44-47(35)38-27-26-34(30-46(38)57-44)55-41-21-9-7-17-36(41)37-18-8-10-22-42(37)55/h1-30H. The van der Waals surface area contributed by atoms with E-state index in [2.05, 4.69) is 150 Å². The van der Waals surface area contributed by atoms with E-state index >= 15 is 0 Å². The van der Waals surface area contributed by atoms with Crippen LogP contribution < -0.4 is 0 Å². The third kappa shape index (κ3) is 5.15. The quantitative estimate of drug-likeness (QED) is 0.175. The second-order valence-corrected chi connectivity index (χ2v) is 16.5. The van der Waals surface area contributed by atoms with E-state index in [9.17, 15) is 0 Å². The summed E-state index contributed by atoms with van der Waals surface area (Å²) in [6, 6.07) is 64.9. The van der Waals surface area contributed by atoms with Crippen LogP contribution in [0.25, 0.3) is 113 Å². The first-order valence-corrected chi connectivity index (χ1v) is 20.7. The summed E-state index contributed by atoms with van der Waals surface area (Å²) in [5.74, 6) is 1.99. The summed E-state index contributed by atoms with van der Waals surface area (Å²) in [5, 5.41) is 7.49. The van der Waals surface area contributed by atoms with Gasteiger partial charge in [-0.05, 0) is 59.7 Å². The third-order valence-corrected chi connectivity index (χ3v) is 13.3. The maximum absolute atomic E-state index is 5.13. The minimum Gasteiger partial charge on any atom is -0.309 e. The lowest BCUT2D eigenvalue weighted by Crippen LogP contribution is -2.00. The zero-order chi connectivity index (χ0) is 37.5. The van der Waals surface area contributed by atoms with Crippen LogP contribution in [0.3, 0.4) is 0 Å². The largest absolute Gasteiger partial charge is 0.309 e. The molecule has 8 aromatic carbocycles. The van der Waals surface area contributed by atoms with Crippen LogP contribution in [-0.2, 0) is 0 Å². The molecule has 0 saturated carbocycles. The van der Waals surface area contributed by atoms with Gasteiger partial charge in [-0.25, -0.2) is 15.0 Å². The van der Waals surface area contributed by atoms with Gasteiger partial charge in [0, 0.05) is 73.5 Å². The Morgan fingerprint density at radius 3 is 1.56 bits per heavy atom. The van der Waals surface area contributed by atoms with E-state index in [0.717, 1.165) is 16.7 Å². The van der Waals surface area contributed by atoms with E-state index in [1.165, 1.54) is 79.0 Å². The van der Waals surface area contributed by atoms with Crippen molar-refractivity contribution in [1.82, 2.24) is 19.5 Å². The molecule has 0 aliphatic carbocycles. The molecule has 266 valence electrons. The fourth-order valence-electron chi connectivity index (χ4n) is 8.50. The normalized spacial score (nSPS) is 11.9. The van der Waals surface area contributed by atoms with Crippen LogP contribution in [0.2, 0.25) is 0 Å². The number of benzene rings is 8. The van der Waals surface area contributed by atoms with Crippen molar-refractivity contribution in [2.24, 2.45) is 0 Å². The summed E-state index contributed by atoms with van der Waals surface area (Å²) in [7, 11) is 0. The molecule has 12 aromatic rings. The molecule has 0 radical (unpaired) electrons. The van der Waals surface area contributed by atoms with Crippen LogP contribution in [0.15, 0.2) is 182 Å². The Hall–Kier alpha value is -6.99. The molecule has 0 atom stereocenters. The van der Waals surface area contributed by atoms with Gasteiger partial charge in [0.25, 0.3) is 0 Å². The molecule has 0 unspecified atom stereocenters. The molecular weight excluding hydrogens is 733 g/mol. The SMILES string of the molecule is c1ccc(-c2nc(-c3ccccc3)nc(-c3cccc4sc5ccc(-c6cccc7sc8cc(-n9c%10ccccc%10c%10ccccc%109)ccc8c67)cc5c34)n2)cc1. The van der Waals surface area contributed by atoms with Crippen LogP contribution >= 0.6 is 22.7 Å².